The third-order valence-electron chi connectivity index (χ3n) is 5.03. The highest BCUT2D eigenvalue weighted by molar-refractivity contribution is 5.99. The second-order valence-electron chi connectivity index (χ2n) is 7.91. The third-order valence-corrected chi connectivity index (χ3v) is 5.03. The Labute approximate surface area is 173 Å². The molecule has 2 atom stereocenters. The smallest absolute Gasteiger partial charge is 0.255 e. The fraction of sp³-hybridized carbons (Fsp3) is 0.417. The van der Waals surface area contributed by atoms with Gasteiger partial charge in [-0.15, -0.1) is 0 Å². The van der Waals surface area contributed by atoms with E-state index in [9.17, 15) is 9.59 Å². The van der Waals surface area contributed by atoms with E-state index < -0.39 is 11.8 Å². The molecule has 2 aromatic rings. The Balaban J connectivity index is 2.00. The number of nitrogens with one attached hydrogen (secondary N) is 2. The molecule has 2 amide bonds. The van der Waals surface area contributed by atoms with E-state index >= 15 is 0 Å². The van der Waals surface area contributed by atoms with Gasteiger partial charge in [-0.1, -0.05) is 74.5 Å². The standard InChI is InChI=1S/C24H32N2O3/c1-18(2)17-21(15-13-19-9-5-3-6-10-19)25-23(27)22(24(28)26-29)16-14-20-11-7-4-8-12-20/h3-12,18,21-22,29H,13-17H2,1-2H3,(H,25,27)(H,26,28). The van der Waals surface area contributed by atoms with E-state index in [1.807, 2.05) is 48.5 Å². The van der Waals surface area contributed by atoms with Crippen LogP contribution in [0.5, 0.6) is 0 Å². The summed E-state index contributed by atoms with van der Waals surface area (Å²) >= 11 is 0. The summed E-state index contributed by atoms with van der Waals surface area (Å²) in [4.78, 5) is 25.0. The fourth-order valence-corrected chi connectivity index (χ4v) is 3.52. The highest BCUT2D eigenvalue weighted by atomic mass is 16.5. The van der Waals surface area contributed by atoms with Crippen molar-refractivity contribution < 1.29 is 14.8 Å². The summed E-state index contributed by atoms with van der Waals surface area (Å²) in [5.74, 6) is -1.49. The molecule has 156 valence electrons. The van der Waals surface area contributed by atoms with Crippen molar-refractivity contribution in [3.05, 3.63) is 71.8 Å². The van der Waals surface area contributed by atoms with Gasteiger partial charge in [-0.25, -0.2) is 5.48 Å². The first-order valence-corrected chi connectivity index (χ1v) is 10.3. The van der Waals surface area contributed by atoms with Crippen LogP contribution >= 0.6 is 0 Å². The molecule has 0 saturated heterocycles. The normalized spacial score (nSPS) is 13.0. The Morgan fingerprint density at radius 2 is 1.34 bits per heavy atom. The lowest BCUT2D eigenvalue weighted by atomic mass is 9.94. The molecule has 0 aliphatic carbocycles. The van der Waals surface area contributed by atoms with Crippen LogP contribution in [0.4, 0.5) is 0 Å². The van der Waals surface area contributed by atoms with Gasteiger partial charge < -0.3 is 5.32 Å². The van der Waals surface area contributed by atoms with Crippen molar-refractivity contribution in [1.82, 2.24) is 10.8 Å². The maximum absolute atomic E-state index is 12.9. The molecule has 5 heteroatoms. The molecule has 0 aliphatic heterocycles. The van der Waals surface area contributed by atoms with Gasteiger partial charge in [0.15, 0.2) is 0 Å². The summed E-state index contributed by atoms with van der Waals surface area (Å²) in [5.41, 5.74) is 3.93. The molecule has 2 aromatic carbocycles. The van der Waals surface area contributed by atoms with Crippen molar-refractivity contribution >= 4 is 11.8 Å². The molecule has 0 fully saturated rings. The second kappa shape index (κ2) is 12.0. The number of hydrogen-bond acceptors (Lipinski definition) is 3. The minimum Gasteiger partial charge on any atom is -0.353 e. The monoisotopic (exact) mass is 396 g/mol. The van der Waals surface area contributed by atoms with Crippen molar-refractivity contribution in [1.29, 1.82) is 0 Å². The van der Waals surface area contributed by atoms with Crippen molar-refractivity contribution in [2.45, 2.75) is 52.0 Å². The Hall–Kier alpha value is -2.66. The molecule has 3 N–H and O–H groups in total. The van der Waals surface area contributed by atoms with Crippen LogP contribution < -0.4 is 10.8 Å². The van der Waals surface area contributed by atoms with Crippen LogP contribution in [0.2, 0.25) is 0 Å². The maximum atomic E-state index is 12.9. The molecule has 0 aromatic heterocycles. The predicted molar refractivity (Wildman–Crippen MR) is 114 cm³/mol. The summed E-state index contributed by atoms with van der Waals surface area (Å²) in [7, 11) is 0. The molecule has 5 nitrogen and oxygen atoms in total. The molecule has 0 heterocycles. The lowest BCUT2D eigenvalue weighted by Gasteiger charge is -2.23. The van der Waals surface area contributed by atoms with E-state index in [4.69, 9.17) is 5.21 Å². The second-order valence-corrected chi connectivity index (χ2v) is 7.91. The third kappa shape index (κ3) is 8.08. The number of benzene rings is 2. The molecular formula is C24H32N2O3. The first-order chi connectivity index (χ1) is 14.0. The molecular weight excluding hydrogens is 364 g/mol. The Bertz CT molecular complexity index is 747. The fourth-order valence-electron chi connectivity index (χ4n) is 3.52. The zero-order valence-corrected chi connectivity index (χ0v) is 17.3. The largest absolute Gasteiger partial charge is 0.353 e. The first-order valence-electron chi connectivity index (χ1n) is 10.3. The van der Waals surface area contributed by atoms with Gasteiger partial charge in [-0.3, -0.25) is 14.8 Å². The average Bonchev–Trinajstić information content (AvgIpc) is 2.73. The SMILES string of the molecule is CC(C)CC(CCc1ccccc1)NC(=O)C(CCc1ccccc1)C(=O)NO. The molecule has 0 spiro atoms. The quantitative estimate of drug-likeness (QED) is 0.306. The lowest BCUT2D eigenvalue weighted by molar-refractivity contribution is -0.141. The van der Waals surface area contributed by atoms with Crippen LogP contribution in [0.25, 0.3) is 0 Å². The number of hydroxylamine groups is 1. The molecule has 29 heavy (non-hydrogen) atoms. The highest BCUT2D eigenvalue weighted by Gasteiger charge is 2.28. The molecule has 0 radical (unpaired) electrons. The number of hydrogen-bond donors (Lipinski definition) is 3. The van der Waals surface area contributed by atoms with Crippen molar-refractivity contribution in [3.63, 3.8) is 0 Å². The lowest BCUT2D eigenvalue weighted by Crippen LogP contribution is -2.45. The topological polar surface area (TPSA) is 78.4 Å². The molecule has 2 unspecified atom stereocenters. The van der Waals surface area contributed by atoms with Crippen molar-refractivity contribution in [2.24, 2.45) is 11.8 Å². The van der Waals surface area contributed by atoms with Crippen molar-refractivity contribution in [2.75, 3.05) is 0 Å². The zero-order valence-electron chi connectivity index (χ0n) is 17.3. The van der Waals surface area contributed by atoms with E-state index in [0.717, 1.165) is 24.8 Å². The molecule has 0 bridgehead atoms. The van der Waals surface area contributed by atoms with Crippen LogP contribution in [-0.4, -0.2) is 23.1 Å². The van der Waals surface area contributed by atoms with Gasteiger partial charge in [-0.05, 0) is 49.1 Å². The summed E-state index contributed by atoms with van der Waals surface area (Å²) in [6.45, 7) is 4.24. The van der Waals surface area contributed by atoms with E-state index in [2.05, 4.69) is 31.3 Å². The minimum atomic E-state index is -0.924. The van der Waals surface area contributed by atoms with Gasteiger partial charge in [-0.2, -0.15) is 0 Å². The highest BCUT2D eigenvalue weighted by Crippen LogP contribution is 2.15. The molecule has 0 saturated carbocycles. The van der Waals surface area contributed by atoms with Crippen LogP contribution in [0.1, 0.15) is 44.2 Å². The average molecular weight is 397 g/mol. The van der Waals surface area contributed by atoms with Crippen molar-refractivity contribution in [3.8, 4) is 0 Å². The Morgan fingerprint density at radius 1 is 0.828 bits per heavy atom. The maximum Gasteiger partial charge on any atom is 0.255 e. The Morgan fingerprint density at radius 3 is 1.83 bits per heavy atom. The van der Waals surface area contributed by atoms with Gasteiger partial charge in [0.25, 0.3) is 5.91 Å². The number of carbonyl (C=O) groups excluding carboxylic acids is 2. The number of rotatable bonds is 11. The number of aryl methyl sites for hydroxylation is 2. The number of amides is 2. The Kier molecular flexibility index (Phi) is 9.38. The van der Waals surface area contributed by atoms with Gasteiger partial charge in [0, 0.05) is 6.04 Å². The van der Waals surface area contributed by atoms with Gasteiger partial charge >= 0.3 is 0 Å². The van der Waals surface area contributed by atoms with Crippen LogP contribution in [0.15, 0.2) is 60.7 Å². The van der Waals surface area contributed by atoms with Crippen LogP contribution in [0, 0.1) is 11.8 Å². The summed E-state index contributed by atoms with van der Waals surface area (Å²) in [5, 5.41) is 12.2. The summed E-state index contributed by atoms with van der Waals surface area (Å²) in [6.07, 6.45) is 3.44. The van der Waals surface area contributed by atoms with E-state index in [-0.39, 0.29) is 11.9 Å². The number of carbonyl (C=O) groups is 2. The zero-order chi connectivity index (χ0) is 21.1. The van der Waals surface area contributed by atoms with E-state index in [1.54, 1.807) is 5.48 Å². The van der Waals surface area contributed by atoms with Gasteiger partial charge in [0.05, 0.1) is 0 Å². The van der Waals surface area contributed by atoms with Crippen LogP contribution in [-0.2, 0) is 22.4 Å². The minimum absolute atomic E-state index is 0.0200. The predicted octanol–water partition coefficient (Wildman–Crippen LogP) is 3.90. The van der Waals surface area contributed by atoms with E-state index in [1.165, 1.54) is 5.56 Å². The van der Waals surface area contributed by atoms with Crippen LogP contribution in [0.3, 0.4) is 0 Å². The molecule has 0 aliphatic rings. The summed E-state index contributed by atoms with van der Waals surface area (Å²) < 4.78 is 0. The van der Waals surface area contributed by atoms with Gasteiger partial charge in [0.2, 0.25) is 5.91 Å². The first kappa shape index (κ1) is 22.6. The van der Waals surface area contributed by atoms with Gasteiger partial charge in [0.1, 0.15) is 5.92 Å². The summed E-state index contributed by atoms with van der Waals surface area (Å²) in [6, 6.07) is 19.9. The van der Waals surface area contributed by atoms with E-state index in [0.29, 0.717) is 18.8 Å². The molecule has 2 rings (SSSR count).